The fourth-order valence-corrected chi connectivity index (χ4v) is 3.57. The summed E-state index contributed by atoms with van der Waals surface area (Å²) in [4.78, 5) is 21.1. The minimum atomic E-state index is 0.150. The van der Waals surface area contributed by atoms with Crippen molar-refractivity contribution in [2.75, 3.05) is 5.73 Å². The zero-order valence-corrected chi connectivity index (χ0v) is 15.6. The van der Waals surface area contributed by atoms with E-state index >= 15 is 0 Å². The van der Waals surface area contributed by atoms with Gasteiger partial charge in [-0.15, -0.1) is 11.3 Å². The normalized spacial score (nSPS) is 11.0. The Hall–Kier alpha value is -2.49. The predicted octanol–water partition coefficient (Wildman–Crippen LogP) is 4.18. The Bertz CT molecular complexity index is 1040. The van der Waals surface area contributed by atoms with E-state index < -0.39 is 0 Å². The molecule has 0 atom stereocenters. The Kier molecular flexibility index (Phi) is 4.83. The molecular weight excluding hydrogens is 392 g/mol. The number of nitrogens with two attached hydrogens (primary N) is 1. The number of nitrogen functional groups attached to an aromatic ring is 1. The smallest absolute Gasteiger partial charge is 0.224 e. The second-order valence-corrected chi connectivity index (χ2v) is 7.19. The second kappa shape index (κ2) is 7.40. The third kappa shape index (κ3) is 3.85. The molecule has 0 radical (unpaired) electrons. The summed E-state index contributed by atoms with van der Waals surface area (Å²) in [7, 11) is 0. The molecule has 0 saturated carbocycles. The maximum Gasteiger partial charge on any atom is 0.224 e. The van der Waals surface area contributed by atoms with Crippen LogP contribution in [0.15, 0.2) is 50.9 Å². The van der Waals surface area contributed by atoms with Crippen LogP contribution in [0.25, 0.3) is 22.8 Å². The van der Waals surface area contributed by atoms with Gasteiger partial charge in [0.15, 0.2) is 16.7 Å². The fourth-order valence-electron chi connectivity index (χ4n) is 2.15. The van der Waals surface area contributed by atoms with Crippen LogP contribution in [0.3, 0.4) is 0 Å². The summed E-state index contributed by atoms with van der Waals surface area (Å²) in [6.45, 7) is 0. The molecule has 0 spiro atoms. The summed E-state index contributed by atoms with van der Waals surface area (Å²) in [5.74, 6) is 2.27. The molecule has 0 aliphatic rings. The monoisotopic (exact) mass is 402 g/mol. The molecule has 4 aromatic rings. The predicted molar refractivity (Wildman–Crippen MR) is 102 cm³/mol. The topological polar surface area (TPSA) is 104 Å². The molecule has 130 valence electrons. The van der Waals surface area contributed by atoms with E-state index in [1.54, 1.807) is 11.7 Å². The lowest BCUT2D eigenvalue weighted by Gasteiger charge is -2.02. The van der Waals surface area contributed by atoms with Crippen LogP contribution in [-0.2, 0) is 5.75 Å². The van der Waals surface area contributed by atoms with Gasteiger partial charge in [-0.25, -0.2) is 15.0 Å². The van der Waals surface area contributed by atoms with Gasteiger partial charge in [-0.2, -0.15) is 9.97 Å². The number of anilines is 1. The molecule has 0 saturated heterocycles. The van der Waals surface area contributed by atoms with E-state index in [-0.39, 0.29) is 5.95 Å². The van der Waals surface area contributed by atoms with Crippen molar-refractivity contribution < 1.29 is 4.42 Å². The molecule has 7 nitrogen and oxygen atoms in total. The minimum Gasteiger partial charge on any atom is -0.440 e. The van der Waals surface area contributed by atoms with Gasteiger partial charge in [-0.1, -0.05) is 35.5 Å². The van der Waals surface area contributed by atoms with Gasteiger partial charge in [0.2, 0.25) is 11.8 Å². The lowest BCUT2D eigenvalue weighted by Crippen LogP contribution is -2.01. The van der Waals surface area contributed by atoms with Gasteiger partial charge in [0.05, 0.1) is 17.5 Å². The Morgan fingerprint density at radius 2 is 2.12 bits per heavy atom. The van der Waals surface area contributed by atoms with E-state index in [4.69, 9.17) is 21.8 Å². The van der Waals surface area contributed by atoms with Gasteiger partial charge in [0.25, 0.3) is 0 Å². The lowest BCUT2D eigenvalue weighted by atomic mass is 10.2. The molecule has 3 heterocycles. The van der Waals surface area contributed by atoms with E-state index in [9.17, 15) is 0 Å². The summed E-state index contributed by atoms with van der Waals surface area (Å²) < 4.78 is 5.78. The highest BCUT2D eigenvalue weighted by molar-refractivity contribution is 7.98. The van der Waals surface area contributed by atoms with E-state index in [0.29, 0.717) is 39.1 Å². The van der Waals surface area contributed by atoms with Crippen molar-refractivity contribution in [3.63, 3.8) is 0 Å². The number of rotatable bonds is 5. The summed E-state index contributed by atoms with van der Waals surface area (Å²) in [5.41, 5.74) is 9.04. The van der Waals surface area contributed by atoms with E-state index in [0.717, 1.165) is 5.56 Å². The number of thioether (sulfide) groups is 1. The number of halogens is 1. The fraction of sp³-hybridized carbons (Fsp3) is 0.0625. The van der Waals surface area contributed by atoms with Crippen molar-refractivity contribution in [3.8, 4) is 22.8 Å². The van der Waals surface area contributed by atoms with E-state index in [1.165, 1.54) is 23.1 Å². The van der Waals surface area contributed by atoms with Crippen LogP contribution in [0, 0.1) is 0 Å². The molecule has 0 aliphatic carbocycles. The van der Waals surface area contributed by atoms with Crippen molar-refractivity contribution >= 4 is 40.6 Å². The molecular formula is C16H11ClN6OS2. The molecule has 2 N–H and O–H groups in total. The van der Waals surface area contributed by atoms with Gasteiger partial charge in [0.1, 0.15) is 5.69 Å². The first-order valence-electron chi connectivity index (χ1n) is 7.41. The zero-order valence-electron chi connectivity index (χ0n) is 13.2. The summed E-state index contributed by atoms with van der Waals surface area (Å²) in [6.07, 6.45) is 1.67. The molecule has 0 aliphatic heterocycles. The third-order valence-corrected chi connectivity index (χ3v) is 4.93. The number of aromatic nitrogens is 5. The Morgan fingerprint density at radius 3 is 2.92 bits per heavy atom. The summed E-state index contributed by atoms with van der Waals surface area (Å²) >= 11 is 8.84. The van der Waals surface area contributed by atoms with Crippen LogP contribution in [0.5, 0.6) is 0 Å². The standard InChI is InChI=1S/C16H11ClN6OS2/c17-10-3-1-2-9(4-10)12-5-19-13(24-12)7-26-16-22-14(21-15(18)23-16)11-6-25-8-20-11/h1-6,8H,7H2,(H2,18,21,22,23). The largest absolute Gasteiger partial charge is 0.440 e. The molecule has 3 aromatic heterocycles. The van der Waals surface area contributed by atoms with Crippen LogP contribution in [0.1, 0.15) is 5.89 Å². The molecule has 10 heteroatoms. The Balaban J connectivity index is 1.50. The number of oxazole rings is 1. The number of benzene rings is 1. The van der Waals surface area contributed by atoms with Crippen molar-refractivity contribution in [2.45, 2.75) is 10.9 Å². The van der Waals surface area contributed by atoms with E-state index in [2.05, 4.69) is 24.9 Å². The molecule has 4 rings (SSSR count). The van der Waals surface area contributed by atoms with Gasteiger partial charge >= 0.3 is 0 Å². The molecule has 26 heavy (non-hydrogen) atoms. The molecule has 0 bridgehead atoms. The summed E-state index contributed by atoms with van der Waals surface area (Å²) in [5, 5.41) is 2.99. The van der Waals surface area contributed by atoms with Gasteiger partial charge < -0.3 is 10.2 Å². The number of hydrogen-bond acceptors (Lipinski definition) is 9. The maximum absolute atomic E-state index is 6.01. The van der Waals surface area contributed by atoms with Gasteiger partial charge in [-0.3, -0.25) is 0 Å². The van der Waals surface area contributed by atoms with Crippen molar-refractivity contribution in [2.24, 2.45) is 0 Å². The van der Waals surface area contributed by atoms with Gasteiger partial charge in [0, 0.05) is 16.0 Å². The number of hydrogen-bond donors (Lipinski definition) is 1. The first-order chi connectivity index (χ1) is 12.7. The molecule has 1 aromatic carbocycles. The highest BCUT2D eigenvalue weighted by Gasteiger charge is 2.12. The van der Waals surface area contributed by atoms with Crippen LogP contribution in [0.2, 0.25) is 5.02 Å². The second-order valence-electron chi connectivity index (χ2n) is 5.09. The van der Waals surface area contributed by atoms with Crippen molar-refractivity contribution in [1.29, 1.82) is 0 Å². The quantitative estimate of drug-likeness (QED) is 0.496. The Labute approximate surface area is 161 Å². The Morgan fingerprint density at radius 1 is 1.19 bits per heavy atom. The number of thiazole rings is 1. The highest BCUT2D eigenvalue weighted by atomic mass is 35.5. The number of nitrogens with zero attached hydrogens (tertiary/aromatic N) is 5. The molecule has 0 unspecified atom stereocenters. The third-order valence-electron chi connectivity index (χ3n) is 3.28. The van der Waals surface area contributed by atoms with Crippen molar-refractivity contribution in [3.05, 3.63) is 52.3 Å². The van der Waals surface area contributed by atoms with Gasteiger partial charge in [-0.05, 0) is 12.1 Å². The van der Waals surface area contributed by atoms with Crippen LogP contribution in [-0.4, -0.2) is 24.9 Å². The first kappa shape index (κ1) is 17.0. The average Bonchev–Trinajstić information content (AvgIpc) is 3.32. The highest BCUT2D eigenvalue weighted by Crippen LogP contribution is 2.27. The van der Waals surface area contributed by atoms with Crippen LogP contribution < -0.4 is 5.73 Å². The van der Waals surface area contributed by atoms with Crippen LogP contribution in [0.4, 0.5) is 5.95 Å². The molecule has 0 fully saturated rings. The maximum atomic E-state index is 6.01. The van der Waals surface area contributed by atoms with Crippen LogP contribution >= 0.6 is 34.7 Å². The molecule has 0 amide bonds. The summed E-state index contributed by atoms with van der Waals surface area (Å²) in [6, 6.07) is 7.41. The van der Waals surface area contributed by atoms with Crippen molar-refractivity contribution in [1.82, 2.24) is 24.9 Å². The SMILES string of the molecule is Nc1nc(SCc2ncc(-c3cccc(Cl)c3)o2)nc(-c2cscn2)n1. The first-order valence-corrected chi connectivity index (χ1v) is 9.71. The zero-order chi connectivity index (χ0) is 17.9. The average molecular weight is 403 g/mol. The lowest BCUT2D eigenvalue weighted by molar-refractivity contribution is 0.530. The minimum absolute atomic E-state index is 0.150. The van der Waals surface area contributed by atoms with E-state index in [1.807, 2.05) is 29.6 Å².